The summed E-state index contributed by atoms with van der Waals surface area (Å²) < 4.78 is 17.2. The maximum atomic E-state index is 13.7. The average molecular weight is 728 g/mol. The van der Waals surface area contributed by atoms with Gasteiger partial charge in [0.25, 0.3) is 5.91 Å². The molecule has 0 spiro atoms. The Morgan fingerprint density at radius 2 is 1.82 bits per heavy atom. The molecule has 7 rings (SSSR count). The van der Waals surface area contributed by atoms with Crippen LogP contribution in [0.2, 0.25) is 5.02 Å². The van der Waals surface area contributed by atoms with Crippen LogP contribution in [0.5, 0.6) is 0 Å². The van der Waals surface area contributed by atoms with Crippen molar-refractivity contribution in [3.63, 3.8) is 0 Å². The lowest BCUT2D eigenvalue weighted by molar-refractivity contribution is -0.121. The van der Waals surface area contributed by atoms with Gasteiger partial charge in [-0.3, -0.25) is 19.2 Å². The minimum atomic E-state index is -0.323. The smallest absolute Gasteiger partial charge is 0.257 e. The lowest BCUT2D eigenvalue weighted by Gasteiger charge is -2.35. The number of nitrogens with zero attached hydrogens (tertiary/aromatic N) is 7. The number of piperazine rings is 1. The van der Waals surface area contributed by atoms with E-state index in [0.717, 1.165) is 90.6 Å². The van der Waals surface area contributed by atoms with Crippen LogP contribution < -0.4 is 15.5 Å². The van der Waals surface area contributed by atoms with Gasteiger partial charge < -0.3 is 15.5 Å². The second kappa shape index (κ2) is 15.3. The highest BCUT2D eigenvalue weighted by molar-refractivity contribution is 7.98. The molecule has 1 aliphatic heterocycles. The fraction of sp³-hybridized carbons (Fsp3) is 0.324. The molecule has 264 valence electrons. The fourth-order valence-corrected chi connectivity index (χ4v) is 7.19. The number of aromatic nitrogens is 5. The molecule has 2 aliphatic rings. The van der Waals surface area contributed by atoms with Gasteiger partial charge in [0.15, 0.2) is 0 Å². The number of hydrogen-bond acceptors (Lipinski definition) is 8. The Bertz CT molecular complexity index is 2060. The van der Waals surface area contributed by atoms with E-state index in [9.17, 15) is 14.0 Å². The van der Waals surface area contributed by atoms with Crippen molar-refractivity contribution in [3.05, 3.63) is 106 Å². The number of benzene rings is 2. The van der Waals surface area contributed by atoms with Gasteiger partial charge in [0.1, 0.15) is 18.2 Å². The van der Waals surface area contributed by atoms with Crippen LogP contribution in [0.15, 0.2) is 67.1 Å². The second-order valence-electron chi connectivity index (χ2n) is 12.8. The number of pyridine rings is 1. The predicted molar refractivity (Wildman–Crippen MR) is 199 cm³/mol. The molecule has 11 nitrogen and oxygen atoms in total. The summed E-state index contributed by atoms with van der Waals surface area (Å²) in [5, 5.41) is 15.4. The summed E-state index contributed by atoms with van der Waals surface area (Å²) in [6.45, 7) is 6.65. The summed E-state index contributed by atoms with van der Waals surface area (Å²) in [4.78, 5) is 34.9. The summed E-state index contributed by atoms with van der Waals surface area (Å²) in [5.41, 5.74) is 7.99. The predicted octanol–water partition coefficient (Wildman–Crippen LogP) is 5.38. The number of halogens is 2. The Balaban J connectivity index is 0.999. The average Bonchev–Trinajstić information content (AvgIpc) is 3.72. The monoisotopic (exact) mass is 727 g/mol. The van der Waals surface area contributed by atoms with Crippen LogP contribution in [0, 0.1) is 12.7 Å². The van der Waals surface area contributed by atoms with E-state index in [2.05, 4.69) is 30.5 Å². The number of nitrogens with one attached hydrogen (secondary N) is 2. The van der Waals surface area contributed by atoms with Crippen molar-refractivity contribution < 1.29 is 14.0 Å². The molecule has 1 saturated heterocycles. The third-order valence-corrected chi connectivity index (χ3v) is 10.2. The Labute approximate surface area is 305 Å². The first-order valence-corrected chi connectivity index (χ1v) is 18.7. The molecule has 14 heteroatoms. The summed E-state index contributed by atoms with van der Waals surface area (Å²) in [7, 11) is 0. The topological polar surface area (TPSA) is 113 Å². The molecular weight excluding hydrogens is 689 g/mol. The van der Waals surface area contributed by atoms with Gasteiger partial charge in [-0.25, -0.2) is 14.1 Å². The van der Waals surface area contributed by atoms with E-state index < -0.39 is 0 Å². The number of carbonyl (C=O) groups excluding carboxylic acids is 2. The largest absolute Gasteiger partial charge is 0.354 e. The Kier molecular flexibility index (Phi) is 10.4. The molecule has 5 aromatic rings. The molecule has 2 aromatic carbocycles. The molecule has 0 unspecified atom stereocenters. The number of thioether (sulfide) groups is 1. The number of anilines is 2. The van der Waals surface area contributed by atoms with Crippen LogP contribution in [-0.4, -0.2) is 86.0 Å². The number of carbonyl (C=O) groups is 2. The molecule has 2 amide bonds. The molecule has 3 aromatic heterocycles. The van der Waals surface area contributed by atoms with Gasteiger partial charge in [-0.2, -0.15) is 22.0 Å². The second-order valence-corrected chi connectivity index (χ2v) is 14.2. The Morgan fingerprint density at radius 3 is 2.61 bits per heavy atom. The molecule has 0 saturated carbocycles. The summed E-state index contributed by atoms with van der Waals surface area (Å²) in [6, 6.07) is 14.0. The van der Waals surface area contributed by atoms with E-state index in [1.54, 1.807) is 34.6 Å². The van der Waals surface area contributed by atoms with Crippen molar-refractivity contribution in [2.45, 2.75) is 32.9 Å². The lowest BCUT2D eigenvalue weighted by atomic mass is 9.88. The summed E-state index contributed by atoms with van der Waals surface area (Å²) in [5.74, 6) is 0.908. The van der Waals surface area contributed by atoms with Gasteiger partial charge in [-0.15, -0.1) is 0 Å². The van der Waals surface area contributed by atoms with E-state index in [1.807, 2.05) is 48.5 Å². The molecule has 2 N–H and O–H groups in total. The molecule has 1 aliphatic carbocycles. The normalized spacial score (nSPS) is 14.2. The van der Waals surface area contributed by atoms with Crippen LogP contribution >= 0.6 is 23.4 Å². The molecule has 1 fully saturated rings. The SMILES string of the molecule is CSCCNC(=O)Cn1cc(CN2CCN(c3cc(C(=O)Nc4ccc5c(c4)-c4c(c(C)nn4-c4ccc(F)cc4)CC5)c(Cl)cn3)CC2)cn1. The molecule has 0 bridgehead atoms. The van der Waals surface area contributed by atoms with Crippen LogP contribution in [0.3, 0.4) is 0 Å². The molecular formula is C37H39ClFN9O2S. The number of amides is 2. The first-order chi connectivity index (χ1) is 24.7. The molecule has 0 atom stereocenters. The highest BCUT2D eigenvalue weighted by Crippen LogP contribution is 2.38. The summed E-state index contributed by atoms with van der Waals surface area (Å²) >= 11 is 8.23. The van der Waals surface area contributed by atoms with Gasteiger partial charge in [-0.1, -0.05) is 17.7 Å². The zero-order chi connectivity index (χ0) is 35.5. The zero-order valence-corrected chi connectivity index (χ0v) is 30.1. The first-order valence-electron chi connectivity index (χ1n) is 16.9. The van der Waals surface area contributed by atoms with Crippen molar-refractivity contribution in [1.29, 1.82) is 0 Å². The van der Waals surface area contributed by atoms with E-state index in [0.29, 0.717) is 23.6 Å². The molecule has 51 heavy (non-hydrogen) atoms. The fourth-order valence-electron chi connectivity index (χ4n) is 6.69. The van der Waals surface area contributed by atoms with Crippen molar-refractivity contribution >= 4 is 46.7 Å². The minimum Gasteiger partial charge on any atom is -0.354 e. The quantitative estimate of drug-likeness (QED) is 0.175. The van der Waals surface area contributed by atoms with Gasteiger partial charge in [0, 0.05) is 79.8 Å². The third kappa shape index (κ3) is 7.80. The van der Waals surface area contributed by atoms with Crippen molar-refractivity contribution in [3.8, 4) is 16.9 Å². The van der Waals surface area contributed by atoms with E-state index >= 15 is 0 Å². The van der Waals surface area contributed by atoms with Crippen LogP contribution in [0.25, 0.3) is 16.9 Å². The van der Waals surface area contributed by atoms with E-state index in [1.165, 1.54) is 18.3 Å². The van der Waals surface area contributed by atoms with Crippen molar-refractivity contribution in [1.82, 2.24) is 34.8 Å². The maximum Gasteiger partial charge on any atom is 0.257 e. The summed E-state index contributed by atoms with van der Waals surface area (Å²) in [6.07, 6.45) is 9.00. The zero-order valence-electron chi connectivity index (χ0n) is 28.5. The van der Waals surface area contributed by atoms with Gasteiger partial charge in [0.2, 0.25) is 5.91 Å². The number of hydrogen-bond donors (Lipinski definition) is 2. The van der Waals surface area contributed by atoms with E-state index in [-0.39, 0.29) is 29.2 Å². The molecule has 4 heterocycles. The minimum absolute atomic E-state index is 0.0427. The number of rotatable bonds is 11. The number of aryl methyl sites for hydroxylation is 2. The van der Waals surface area contributed by atoms with Crippen molar-refractivity contribution in [2.24, 2.45) is 0 Å². The number of fused-ring (bicyclic) bond motifs is 3. The molecule has 0 radical (unpaired) electrons. The van der Waals surface area contributed by atoms with Crippen LogP contribution in [0.4, 0.5) is 15.9 Å². The third-order valence-electron chi connectivity index (χ3n) is 9.33. The first kappa shape index (κ1) is 34.7. The Morgan fingerprint density at radius 1 is 1.02 bits per heavy atom. The highest BCUT2D eigenvalue weighted by atomic mass is 35.5. The highest BCUT2D eigenvalue weighted by Gasteiger charge is 2.26. The van der Waals surface area contributed by atoms with Crippen LogP contribution in [-0.2, 0) is 30.7 Å². The van der Waals surface area contributed by atoms with Gasteiger partial charge in [-0.05, 0) is 74.0 Å². The van der Waals surface area contributed by atoms with Gasteiger partial charge >= 0.3 is 0 Å². The standard InChI is InChI=1S/C37H39ClFN9O2S/c1-24-30-10-4-26-3-7-28(17-31(26)36(30)48(44-24)29-8-5-27(39)6-9-29)43-37(50)32-18-34(41-20-33(32)38)46-14-12-45(13-15-46)21-25-19-42-47(22-25)23-35(49)40-11-16-51-2/h3,5-9,17-20,22H,4,10-16,21,23H2,1-2H3,(H,40,49)(H,43,50). The maximum absolute atomic E-state index is 13.7. The lowest BCUT2D eigenvalue weighted by Crippen LogP contribution is -2.46. The van der Waals surface area contributed by atoms with Crippen LogP contribution in [0.1, 0.15) is 32.7 Å². The van der Waals surface area contributed by atoms with E-state index in [4.69, 9.17) is 16.7 Å². The Hall–Kier alpha value is -4.72. The van der Waals surface area contributed by atoms with Gasteiger partial charge in [0.05, 0.1) is 33.9 Å². The van der Waals surface area contributed by atoms with Crippen molar-refractivity contribution in [2.75, 3.05) is 54.9 Å².